The first-order valence-electron chi connectivity index (χ1n) is 10.6. The van der Waals surface area contributed by atoms with E-state index in [9.17, 15) is 4.79 Å². The molecule has 0 unspecified atom stereocenters. The second-order valence-electron chi connectivity index (χ2n) is 8.53. The first-order valence-corrected chi connectivity index (χ1v) is 10.6. The van der Waals surface area contributed by atoms with E-state index in [-0.39, 0.29) is 11.3 Å². The van der Waals surface area contributed by atoms with Crippen molar-refractivity contribution in [1.29, 1.82) is 5.41 Å². The lowest BCUT2D eigenvalue weighted by Gasteiger charge is -2.22. The van der Waals surface area contributed by atoms with Crippen molar-refractivity contribution >= 4 is 25.2 Å². The molecule has 2 N–H and O–H groups in total. The summed E-state index contributed by atoms with van der Waals surface area (Å²) in [5.41, 5.74) is 2.98. The van der Waals surface area contributed by atoms with Gasteiger partial charge in [0.15, 0.2) is 0 Å². The van der Waals surface area contributed by atoms with Crippen LogP contribution in [0.2, 0.25) is 0 Å². The Hall–Kier alpha value is -3.68. The summed E-state index contributed by atoms with van der Waals surface area (Å²) in [6.07, 6.45) is 3.32. The third-order valence-corrected chi connectivity index (χ3v) is 4.64. The Labute approximate surface area is 195 Å². The van der Waals surface area contributed by atoms with Crippen LogP contribution in [0.5, 0.6) is 5.75 Å². The lowest BCUT2D eigenvalue weighted by Crippen LogP contribution is -2.28. The van der Waals surface area contributed by atoms with Gasteiger partial charge in [-0.15, -0.1) is 0 Å². The molecule has 0 fully saturated rings. The predicted octanol–water partition coefficient (Wildman–Crippen LogP) is 4.91. The van der Waals surface area contributed by atoms with Gasteiger partial charge in [0.25, 0.3) is 0 Å². The first kappa shape index (κ1) is 24.0. The third-order valence-electron chi connectivity index (χ3n) is 4.64. The van der Waals surface area contributed by atoms with Gasteiger partial charge < -0.3 is 14.9 Å². The van der Waals surface area contributed by atoms with Crippen molar-refractivity contribution in [2.45, 2.75) is 39.7 Å². The van der Waals surface area contributed by atoms with Crippen LogP contribution in [0.3, 0.4) is 0 Å². The highest BCUT2D eigenvalue weighted by Crippen LogP contribution is 2.36. The fourth-order valence-corrected chi connectivity index (χ4v) is 3.21. The number of carbonyl (C=O) groups excluding carboxylic acids is 1. The highest BCUT2D eigenvalue weighted by molar-refractivity contribution is 6.64. The lowest BCUT2D eigenvalue weighted by molar-refractivity contribution is 0.0635. The van der Waals surface area contributed by atoms with E-state index in [0.717, 1.165) is 22.5 Å². The average Bonchev–Trinajstić information content (AvgIpc) is 2.74. The number of hydrogen-bond donors (Lipinski definition) is 2. The highest BCUT2D eigenvalue weighted by atomic mass is 16.6. The summed E-state index contributed by atoms with van der Waals surface area (Å²) in [5, 5.41) is 10.8. The number of amides is 1. The van der Waals surface area contributed by atoms with Gasteiger partial charge >= 0.3 is 6.09 Å². The predicted molar refractivity (Wildman–Crippen MR) is 130 cm³/mol. The molecule has 33 heavy (non-hydrogen) atoms. The first-order chi connectivity index (χ1) is 15.6. The van der Waals surface area contributed by atoms with Gasteiger partial charge in [-0.1, -0.05) is 12.1 Å². The number of rotatable bonds is 7. The zero-order chi connectivity index (χ0) is 24.0. The average molecular weight is 442 g/mol. The van der Waals surface area contributed by atoms with Gasteiger partial charge in [-0.25, -0.2) is 4.79 Å². The third kappa shape index (κ3) is 6.65. The monoisotopic (exact) mass is 442 g/mol. The van der Waals surface area contributed by atoms with Gasteiger partial charge in [0.2, 0.25) is 0 Å². The molecule has 8 heteroatoms. The number of benzene rings is 1. The van der Waals surface area contributed by atoms with Crippen molar-refractivity contribution in [1.82, 2.24) is 9.97 Å². The van der Waals surface area contributed by atoms with Crippen LogP contribution < -0.4 is 10.1 Å². The number of hydrogen-bond acceptors (Lipinski definition) is 6. The van der Waals surface area contributed by atoms with E-state index in [2.05, 4.69) is 15.3 Å². The molecule has 0 atom stereocenters. The molecule has 168 valence electrons. The number of aromatic nitrogens is 2. The maximum absolute atomic E-state index is 12.5. The van der Waals surface area contributed by atoms with Crippen LogP contribution in [0.25, 0.3) is 11.3 Å². The van der Waals surface area contributed by atoms with Crippen LogP contribution in [0, 0.1) is 12.3 Å². The summed E-state index contributed by atoms with van der Waals surface area (Å²) in [6, 6.07) is 13.0. The molecule has 7 nitrogen and oxygen atoms in total. The van der Waals surface area contributed by atoms with Crippen LogP contribution in [-0.2, 0) is 11.2 Å². The molecule has 3 aromatic rings. The van der Waals surface area contributed by atoms with E-state index in [1.54, 1.807) is 45.3 Å². The molecule has 0 aliphatic heterocycles. The minimum Gasteiger partial charge on any atom is -0.491 e. The SMILES string of the molecule is [B]C(=N)c1cc(-c2ncccc2C)cc(OCCc2ccccn2)c1NC(=O)OC(C)(C)C. The normalized spacial score (nSPS) is 11.0. The van der Waals surface area contributed by atoms with Crippen molar-refractivity contribution < 1.29 is 14.3 Å². The van der Waals surface area contributed by atoms with E-state index in [1.165, 1.54) is 0 Å². The van der Waals surface area contributed by atoms with Gasteiger partial charge in [-0.3, -0.25) is 15.3 Å². The number of anilines is 1. The Balaban J connectivity index is 2.01. The molecule has 1 aromatic carbocycles. The van der Waals surface area contributed by atoms with Crippen LogP contribution in [0.4, 0.5) is 10.5 Å². The maximum Gasteiger partial charge on any atom is 0.412 e. The van der Waals surface area contributed by atoms with Crippen molar-refractivity contribution in [3.05, 3.63) is 71.7 Å². The molecule has 2 heterocycles. The van der Waals surface area contributed by atoms with Gasteiger partial charge in [-0.2, -0.15) is 0 Å². The van der Waals surface area contributed by atoms with Gasteiger partial charge in [0.1, 0.15) is 19.2 Å². The number of pyridine rings is 2. The zero-order valence-electron chi connectivity index (χ0n) is 19.3. The smallest absolute Gasteiger partial charge is 0.412 e. The van der Waals surface area contributed by atoms with Gasteiger partial charge in [-0.05, 0) is 69.2 Å². The zero-order valence-corrected chi connectivity index (χ0v) is 19.3. The molecule has 0 saturated carbocycles. The molecule has 3 rings (SSSR count). The second kappa shape index (κ2) is 10.3. The molecule has 2 radical (unpaired) electrons. The second-order valence-corrected chi connectivity index (χ2v) is 8.53. The van der Waals surface area contributed by atoms with Crippen LogP contribution in [0.15, 0.2) is 54.9 Å². The van der Waals surface area contributed by atoms with Crippen LogP contribution >= 0.6 is 0 Å². The minimum absolute atomic E-state index is 0.217. The lowest BCUT2D eigenvalue weighted by atomic mass is 9.89. The molecule has 0 aliphatic rings. The number of ether oxygens (including phenoxy) is 2. The largest absolute Gasteiger partial charge is 0.491 e. The summed E-state index contributed by atoms with van der Waals surface area (Å²) in [5.74, 6) is 0.365. The number of nitrogens with zero attached hydrogens (tertiary/aromatic N) is 2. The Morgan fingerprint density at radius 3 is 2.52 bits per heavy atom. The Bertz CT molecular complexity index is 1140. The molecule has 0 bridgehead atoms. The topological polar surface area (TPSA) is 97.2 Å². The summed E-state index contributed by atoms with van der Waals surface area (Å²) < 4.78 is 11.5. The van der Waals surface area contributed by atoms with Crippen molar-refractivity contribution in [2.75, 3.05) is 11.9 Å². The molecule has 0 saturated heterocycles. The summed E-state index contributed by atoms with van der Waals surface area (Å²) in [7, 11) is 5.90. The van der Waals surface area contributed by atoms with Crippen molar-refractivity contribution in [3.63, 3.8) is 0 Å². The summed E-state index contributed by atoms with van der Waals surface area (Å²) >= 11 is 0. The molecule has 2 aromatic heterocycles. The minimum atomic E-state index is -0.689. The standard InChI is InChI=1S/C25H27BN4O3/c1-16-8-7-12-29-21(16)17-14-19(23(26)27)22(30-24(31)33-25(2,3)4)20(15-17)32-13-10-18-9-5-6-11-28-18/h5-9,11-12,14-15,27H,10,13H2,1-4H3,(H,30,31). The van der Waals surface area contributed by atoms with E-state index in [1.807, 2.05) is 37.3 Å². The van der Waals surface area contributed by atoms with Crippen LogP contribution in [-0.4, -0.2) is 41.7 Å². The Morgan fingerprint density at radius 1 is 1.12 bits per heavy atom. The van der Waals surface area contributed by atoms with Gasteiger partial charge in [0.05, 0.1) is 18.0 Å². The van der Waals surface area contributed by atoms with E-state index < -0.39 is 11.7 Å². The Kier molecular flexibility index (Phi) is 7.48. The quantitative estimate of drug-likeness (QED) is 0.400. The van der Waals surface area contributed by atoms with E-state index >= 15 is 0 Å². The molecule has 0 aliphatic carbocycles. The fourth-order valence-electron chi connectivity index (χ4n) is 3.21. The Morgan fingerprint density at radius 2 is 1.88 bits per heavy atom. The van der Waals surface area contributed by atoms with Crippen LogP contribution in [0.1, 0.15) is 37.6 Å². The van der Waals surface area contributed by atoms with E-state index in [0.29, 0.717) is 24.3 Å². The highest BCUT2D eigenvalue weighted by Gasteiger charge is 2.22. The molecule has 1 amide bonds. The van der Waals surface area contributed by atoms with Gasteiger partial charge in [0, 0.05) is 35.6 Å². The molecular formula is C25H27BN4O3. The maximum atomic E-state index is 12.5. The summed E-state index contributed by atoms with van der Waals surface area (Å²) in [4.78, 5) is 21.3. The number of carbonyl (C=O) groups is 1. The molecular weight excluding hydrogens is 415 g/mol. The fraction of sp³-hybridized carbons (Fsp3) is 0.280. The molecule has 0 spiro atoms. The number of nitrogens with one attached hydrogen (secondary N) is 2. The van der Waals surface area contributed by atoms with Crippen molar-refractivity contribution in [3.8, 4) is 17.0 Å². The van der Waals surface area contributed by atoms with Crippen molar-refractivity contribution in [2.24, 2.45) is 0 Å². The number of aryl methyl sites for hydroxylation is 1. The summed E-state index contributed by atoms with van der Waals surface area (Å²) in [6.45, 7) is 7.58. The van der Waals surface area contributed by atoms with E-state index in [4.69, 9.17) is 22.7 Å².